The highest BCUT2D eigenvalue weighted by molar-refractivity contribution is 6.32. The van der Waals surface area contributed by atoms with Gasteiger partial charge in [-0.15, -0.1) is 0 Å². The molecule has 1 N–H and O–H groups in total. The Morgan fingerprint density at radius 2 is 2.16 bits per heavy atom. The van der Waals surface area contributed by atoms with Crippen molar-refractivity contribution in [2.24, 2.45) is 0 Å². The molecule has 0 fully saturated rings. The van der Waals surface area contributed by atoms with Crippen LogP contribution in [0.1, 0.15) is 25.8 Å². The lowest BCUT2D eigenvalue weighted by Crippen LogP contribution is -2.15. The summed E-state index contributed by atoms with van der Waals surface area (Å²) >= 11 is 6.10. The van der Waals surface area contributed by atoms with Crippen LogP contribution in [0.25, 0.3) is 0 Å². The lowest BCUT2D eigenvalue weighted by atomic mass is 10.2. The summed E-state index contributed by atoms with van der Waals surface area (Å²) in [6.07, 6.45) is 1.09. The fourth-order valence-electron chi connectivity index (χ4n) is 1.52. The predicted molar refractivity (Wildman–Crippen MR) is 75.6 cm³/mol. The minimum Gasteiger partial charge on any atom is -0.480 e. The Bertz CT molecular complexity index is 410. The van der Waals surface area contributed by atoms with Crippen LogP contribution in [0.2, 0.25) is 5.02 Å². The molecule has 0 bridgehead atoms. The van der Waals surface area contributed by atoms with Crippen molar-refractivity contribution in [2.45, 2.75) is 26.8 Å². The molecule has 0 atom stereocenters. The van der Waals surface area contributed by atoms with Gasteiger partial charge in [-0.2, -0.15) is 0 Å². The van der Waals surface area contributed by atoms with E-state index < -0.39 is 5.97 Å². The maximum absolute atomic E-state index is 11.2. The summed E-state index contributed by atoms with van der Waals surface area (Å²) in [6, 6.07) is 5.53. The van der Waals surface area contributed by atoms with Crippen LogP contribution in [0.4, 0.5) is 0 Å². The third-order valence-electron chi connectivity index (χ3n) is 2.40. The van der Waals surface area contributed by atoms with E-state index in [-0.39, 0.29) is 6.61 Å². The third-order valence-corrected chi connectivity index (χ3v) is 2.70. The second-order valence-electron chi connectivity index (χ2n) is 4.04. The van der Waals surface area contributed by atoms with Crippen LogP contribution < -0.4 is 10.1 Å². The van der Waals surface area contributed by atoms with Crippen molar-refractivity contribution >= 4 is 17.6 Å². The van der Waals surface area contributed by atoms with E-state index in [1.54, 1.807) is 13.0 Å². The van der Waals surface area contributed by atoms with Gasteiger partial charge in [0.1, 0.15) is 5.75 Å². The Morgan fingerprint density at radius 3 is 2.79 bits per heavy atom. The lowest BCUT2D eigenvalue weighted by molar-refractivity contribution is -0.145. The number of ether oxygens (including phenoxy) is 2. The molecule has 0 saturated heterocycles. The topological polar surface area (TPSA) is 47.6 Å². The van der Waals surface area contributed by atoms with Crippen LogP contribution in [-0.4, -0.2) is 25.7 Å². The summed E-state index contributed by atoms with van der Waals surface area (Å²) in [6.45, 7) is 5.83. The van der Waals surface area contributed by atoms with Crippen LogP contribution >= 0.6 is 11.6 Å². The van der Waals surface area contributed by atoms with Gasteiger partial charge in [-0.25, -0.2) is 4.79 Å². The molecule has 0 aromatic heterocycles. The molecule has 0 heterocycles. The summed E-state index contributed by atoms with van der Waals surface area (Å²) in [5.41, 5.74) is 1.09. The molecule has 0 aliphatic carbocycles. The number of carbonyl (C=O) groups excluding carboxylic acids is 1. The number of hydrogen-bond acceptors (Lipinski definition) is 4. The van der Waals surface area contributed by atoms with Crippen LogP contribution in [-0.2, 0) is 16.1 Å². The van der Waals surface area contributed by atoms with Crippen molar-refractivity contribution < 1.29 is 14.3 Å². The van der Waals surface area contributed by atoms with Crippen molar-refractivity contribution in [2.75, 3.05) is 19.8 Å². The first-order valence-corrected chi connectivity index (χ1v) is 6.82. The van der Waals surface area contributed by atoms with Crippen LogP contribution in [0.5, 0.6) is 5.75 Å². The SMILES string of the molecule is CCCNCc1ccc(OCC(=O)OCC)c(Cl)c1. The molecule has 0 aliphatic rings. The highest BCUT2D eigenvalue weighted by Crippen LogP contribution is 2.25. The highest BCUT2D eigenvalue weighted by atomic mass is 35.5. The summed E-state index contributed by atoms with van der Waals surface area (Å²) in [5, 5.41) is 3.79. The zero-order valence-corrected chi connectivity index (χ0v) is 12.1. The molecule has 1 aromatic carbocycles. The Kier molecular flexibility index (Phi) is 7.30. The molecular weight excluding hydrogens is 266 g/mol. The maximum Gasteiger partial charge on any atom is 0.344 e. The highest BCUT2D eigenvalue weighted by Gasteiger charge is 2.07. The molecule has 1 aromatic rings. The van der Waals surface area contributed by atoms with E-state index >= 15 is 0 Å². The zero-order chi connectivity index (χ0) is 14.1. The first kappa shape index (κ1) is 15.8. The standard InChI is InChI=1S/C14H20ClNO3/c1-3-7-16-9-11-5-6-13(12(15)8-11)19-10-14(17)18-4-2/h5-6,8,16H,3-4,7,9-10H2,1-2H3. The molecule has 106 valence electrons. The monoisotopic (exact) mass is 285 g/mol. The molecule has 0 unspecified atom stereocenters. The number of hydrogen-bond donors (Lipinski definition) is 1. The Balaban J connectivity index is 2.49. The Hall–Kier alpha value is -1.26. The third kappa shape index (κ3) is 5.94. The van der Waals surface area contributed by atoms with Gasteiger partial charge in [0.2, 0.25) is 0 Å². The smallest absolute Gasteiger partial charge is 0.344 e. The Morgan fingerprint density at radius 1 is 1.37 bits per heavy atom. The normalized spacial score (nSPS) is 10.3. The van der Waals surface area contributed by atoms with Crippen molar-refractivity contribution in [1.82, 2.24) is 5.32 Å². The van der Waals surface area contributed by atoms with Crippen molar-refractivity contribution in [3.05, 3.63) is 28.8 Å². The van der Waals surface area contributed by atoms with Crippen molar-refractivity contribution in [1.29, 1.82) is 0 Å². The zero-order valence-electron chi connectivity index (χ0n) is 11.4. The number of benzene rings is 1. The van der Waals surface area contributed by atoms with E-state index in [4.69, 9.17) is 21.1 Å². The first-order valence-electron chi connectivity index (χ1n) is 6.45. The molecule has 5 heteroatoms. The molecule has 4 nitrogen and oxygen atoms in total. The number of rotatable bonds is 8. The van der Waals surface area contributed by atoms with Gasteiger partial charge in [0, 0.05) is 6.54 Å². The number of carbonyl (C=O) groups is 1. The minimum atomic E-state index is -0.396. The quantitative estimate of drug-likeness (QED) is 0.589. The van der Waals surface area contributed by atoms with Gasteiger partial charge in [0.05, 0.1) is 11.6 Å². The molecular formula is C14H20ClNO3. The lowest BCUT2D eigenvalue weighted by Gasteiger charge is -2.09. The summed E-state index contributed by atoms with van der Waals surface area (Å²) in [5.74, 6) is 0.0983. The molecule has 0 amide bonds. The van der Waals surface area contributed by atoms with E-state index in [0.717, 1.165) is 25.1 Å². The molecule has 0 radical (unpaired) electrons. The van der Waals surface area contributed by atoms with E-state index in [1.807, 2.05) is 12.1 Å². The van der Waals surface area contributed by atoms with Gasteiger partial charge < -0.3 is 14.8 Å². The largest absolute Gasteiger partial charge is 0.480 e. The molecule has 0 saturated carbocycles. The molecule has 19 heavy (non-hydrogen) atoms. The second kappa shape index (κ2) is 8.77. The average molecular weight is 286 g/mol. The maximum atomic E-state index is 11.2. The van der Waals surface area contributed by atoms with Gasteiger partial charge in [-0.05, 0) is 37.6 Å². The van der Waals surface area contributed by atoms with Crippen molar-refractivity contribution in [3.63, 3.8) is 0 Å². The first-order chi connectivity index (χ1) is 9.17. The van der Waals surface area contributed by atoms with E-state index in [1.165, 1.54) is 0 Å². The average Bonchev–Trinajstić information content (AvgIpc) is 2.38. The van der Waals surface area contributed by atoms with E-state index in [2.05, 4.69) is 12.2 Å². The summed E-state index contributed by atoms with van der Waals surface area (Å²) < 4.78 is 10.1. The second-order valence-corrected chi connectivity index (χ2v) is 4.44. The summed E-state index contributed by atoms with van der Waals surface area (Å²) in [4.78, 5) is 11.2. The van der Waals surface area contributed by atoms with Crippen LogP contribution in [0, 0.1) is 0 Å². The van der Waals surface area contributed by atoms with Gasteiger partial charge in [0.15, 0.2) is 6.61 Å². The molecule has 0 spiro atoms. The van der Waals surface area contributed by atoms with E-state index in [0.29, 0.717) is 17.4 Å². The molecule has 0 aliphatic heterocycles. The van der Waals surface area contributed by atoms with Crippen LogP contribution in [0.3, 0.4) is 0 Å². The number of esters is 1. The fourth-order valence-corrected chi connectivity index (χ4v) is 1.78. The fraction of sp³-hybridized carbons (Fsp3) is 0.500. The Labute approximate surface area is 119 Å². The van der Waals surface area contributed by atoms with Crippen molar-refractivity contribution in [3.8, 4) is 5.75 Å². The number of halogens is 1. The van der Waals surface area contributed by atoms with Gasteiger partial charge in [-0.3, -0.25) is 0 Å². The van der Waals surface area contributed by atoms with Gasteiger partial charge >= 0.3 is 5.97 Å². The van der Waals surface area contributed by atoms with Crippen LogP contribution in [0.15, 0.2) is 18.2 Å². The van der Waals surface area contributed by atoms with Gasteiger partial charge in [0.25, 0.3) is 0 Å². The predicted octanol–water partition coefficient (Wildman–Crippen LogP) is 2.78. The number of nitrogens with one attached hydrogen (secondary N) is 1. The van der Waals surface area contributed by atoms with E-state index in [9.17, 15) is 4.79 Å². The minimum absolute atomic E-state index is 0.124. The summed E-state index contributed by atoms with van der Waals surface area (Å²) in [7, 11) is 0. The van der Waals surface area contributed by atoms with Gasteiger partial charge in [-0.1, -0.05) is 24.6 Å². The molecule has 1 rings (SSSR count).